The summed E-state index contributed by atoms with van der Waals surface area (Å²) in [4.78, 5) is 17.2. The van der Waals surface area contributed by atoms with Crippen molar-refractivity contribution in [1.82, 2.24) is 10.4 Å². The quantitative estimate of drug-likeness (QED) is 0.134. The first-order valence-corrected chi connectivity index (χ1v) is 13.9. The maximum Gasteiger partial charge on any atom is 0.271 e. The minimum absolute atomic E-state index is 0.292. The van der Waals surface area contributed by atoms with Crippen LogP contribution in [0.15, 0.2) is 112 Å². The van der Waals surface area contributed by atoms with Crippen LogP contribution in [0.25, 0.3) is 11.3 Å². The molecule has 4 aromatic carbocycles. The lowest BCUT2D eigenvalue weighted by Gasteiger charge is -2.09. The summed E-state index contributed by atoms with van der Waals surface area (Å²) < 4.78 is 6.73. The lowest BCUT2D eigenvalue weighted by atomic mass is 10.1. The maximum absolute atomic E-state index is 12.6. The van der Waals surface area contributed by atoms with Gasteiger partial charge >= 0.3 is 0 Å². The highest BCUT2D eigenvalue weighted by atomic mass is 79.9. The third kappa shape index (κ3) is 7.19. The molecule has 0 spiro atoms. The number of anilines is 2. The molecule has 2 N–H and O–H groups in total. The molecular weight excluding hydrogens is 572 g/mol. The van der Waals surface area contributed by atoms with Crippen LogP contribution in [0.1, 0.15) is 27.0 Å². The van der Waals surface area contributed by atoms with Crippen LogP contribution in [-0.2, 0) is 6.61 Å². The van der Waals surface area contributed by atoms with Crippen molar-refractivity contribution in [2.24, 2.45) is 5.10 Å². The molecule has 0 saturated heterocycles. The number of hydrogen-bond donors (Lipinski definition) is 2. The highest BCUT2D eigenvalue weighted by Crippen LogP contribution is 2.28. The van der Waals surface area contributed by atoms with Crippen molar-refractivity contribution in [3.05, 3.63) is 129 Å². The van der Waals surface area contributed by atoms with Gasteiger partial charge in [-0.2, -0.15) is 5.10 Å². The van der Waals surface area contributed by atoms with E-state index < -0.39 is 0 Å². The number of carbonyl (C=O) groups excluding carboxylic acids is 1. The molecule has 8 heteroatoms. The summed E-state index contributed by atoms with van der Waals surface area (Å²) in [7, 11) is 0. The fourth-order valence-corrected chi connectivity index (χ4v) is 4.94. The Morgan fingerprint density at radius 3 is 2.51 bits per heavy atom. The molecule has 1 aromatic heterocycles. The normalized spacial score (nSPS) is 10.9. The molecule has 0 aliphatic rings. The molecule has 0 unspecified atom stereocenters. The minimum atomic E-state index is -0.292. The van der Waals surface area contributed by atoms with Crippen molar-refractivity contribution in [3.63, 3.8) is 0 Å². The lowest BCUT2D eigenvalue weighted by Crippen LogP contribution is -2.17. The number of hydrogen-bond acceptors (Lipinski definition) is 6. The molecule has 194 valence electrons. The Labute approximate surface area is 239 Å². The average molecular weight is 598 g/mol. The van der Waals surface area contributed by atoms with E-state index in [9.17, 15) is 4.79 Å². The minimum Gasteiger partial charge on any atom is -0.488 e. The fraction of sp³-hybridized carbons (Fsp3) is 0.0645. The van der Waals surface area contributed by atoms with Crippen LogP contribution in [0.4, 0.5) is 10.8 Å². The van der Waals surface area contributed by atoms with Gasteiger partial charge in [0.1, 0.15) is 12.4 Å². The van der Waals surface area contributed by atoms with Crippen molar-refractivity contribution in [3.8, 4) is 17.0 Å². The summed E-state index contributed by atoms with van der Waals surface area (Å²) in [5.74, 6) is 0.444. The maximum atomic E-state index is 12.6. The number of benzene rings is 4. The number of rotatable bonds is 9. The summed E-state index contributed by atoms with van der Waals surface area (Å²) in [6.07, 6.45) is 1.59. The monoisotopic (exact) mass is 596 g/mol. The van der Waals surface area contributed by atoms with Crippen LogP contribution in [0.2, 0.25) is 0 Å². The molecule has 0 atom stereocenters. The molecule has 0 bridgehead atoms. The predicted molar refractivity (Wildman–Crippen MR) is 162 cm³/mol. The zero-order valence-electron chi connectivity index (χ0n) is 21.1. The molecule has 0 aliphatic heterocycles. The van der Waals surface area contributed by atoms with Gasteiger partial charge < -0.3 is 10.1 Å². The molecule has 0 radical (unpaired) electrons. The van der Waals surface area contributed by atoms with Gasteiger partial charge in [0.15, 0.2) is 5.13 Å². The van der Waals surface area contributed by atoms with E-state index in [0.717, 1.165) is 43.4 Å². The number of nitrogens with zero attached hydrogens (tertiary/aromatic N) is 2. The number of amides is 1. The van der Waals surface area contributed by atoms with E-state index in [1.54, 1.807) is 18.3 Å². The Morgan fingerprint density at radius 1 is 1.00 bits per heavy atom. The number of thiazole rings is 1. The van der Waals surface area contributed by atoms with Crippen LogP contribution >= 0.6 is 27.3 Å². The number of carbonyl (C=O) groups is 1. The van der Waals surface area contributed by atoms with Crippen LogP contribution in [-0.4, -0.2) is 17.1 Å². The van der Waals surface area contributed by atoms with Gasteiger partial charge in [-0.1, -0.05) is 60.2 Å². The van der Waals surface area contributed by atoms with Gasteiger partial charge in [-0.15, -0.1) is 11.3 Å². The summed E-state index contributed by atoms with van der Waals surface area (Å²) in [5.41, 5.74) is 9.00. The van der Waals surface area contributed by atoms with Crippen molar-refractivity contribution in [1.29, 1.82) is 0 Å². The Bertz CT molecular complexity index is 1580. The molecule has 5 rings (SSSR count). The number of nitrogens with one attached hydrogen (secondary N) is 2. The number of halogens is 1. The largest absolute Gasteiger partial charge is 0.488 e. The second-order valence-electron chi connectivity index (χ2n) is 8.77. The van der Waals surface area contributed by atoms with E-state index in [1.165, 1.54) is 16.9 Å². The Kier molecular flexibility index (Phi) is 8.45. The van der Waals surface area contributed by atoms with Gasteiger partial charge in [-0.05, 0) is 76.4 Å². The second kappa shape index (κ2) is 12.5. The molecule has 5 aromatic rings. The zero-order valence-corrected chi connectivity index (χ0v) is 23.5. The van der Waals surface area contributed by atoms with Gasteiger partial charge in [0.05, 0.1) is 16.4 Å². The van der Waals surface area contributed by atoms with Gasteiger partial charge in [0.2, 0.25) is 0 Å². The number of aromatic nitrogens is 1. The molecule has 0 fully saturated rings. The number of ether oxygens (including phenoxy) is 1. The molecule has 0 aliphatic carbocycles. The number of para-hydroxylation sites is 1. The zero-order chi connectivity index (χ0) is 27.0. The van der Waals surface area contributed by atoms with Crippen molar-refractivity contribution < 1.29 is 9.53 Å². The van der Waals surface area contributed by atoms with Crippen molar-refractivity contribution in [2.75, 3.05) is 5.32 Å². The van der Waals surface area contributed by atoms with E-state index in [1.807, 2.05) is 66.0 Å². The fourth-order valence-electron chi connectivity index (χ4n) is 3.69. The van der Waals surface area contributed by atoms with E-state index >= 15 is 0 Å². The number of aryl methyl sites for hydroxylation is 1. The van der Waals surface area contributed by atoms with Crippen LogP contribution in [0.3, 0.4) is 0 Å². The standard InChI is InChI=1S/C31H25BrN4O2S/c1-21-7-9-22(10-8-21)19-38-29-16-11-23(17-27(29)32)18-33-36-30(37)25-14-12-24(13-15-25)28-20-39-31(35-28)34-26-5-3-2-4-6-26/h2-18,20H,19H2,1H3,(H,34,35)(H,36,37)/b33-18-. The average Bonchev–Trinajstić information content (AvgIpc) is 3.42. The smallest absolute Gasteiger partial charge is 0.271 e. The third-order valence-corrected chi connectivity index (χ3v) is 7.20. The third-order valence-electron chi connectivity index (χ3n) is 5.82. The lowest BCUT2D eigenvalue weighted by molar-refractivity contribution is 0.0955. The second-order valence-corrected chi connectivity index (χ2v) is 10.5. The molecular formula is C31H25BrN4O2S. The van der Waals surface area contributed by atoms with Gasteiger partial charge in [0.25, 0.3) is 5.91 Å². The molecule has 39 heavy (non-hydrogen) atoms. The van der Waals surface area contributed by atoms with Gasteiger partial charge in [0, 0.05) is 22.2 Å². The first-order valence-electron chi connectivity index (χ1n) is 12.2. The SMILES string of the molecule is Cc1ccc(COc2ccc(/C=N\NC(=O)c3ccc(-c4csc(Nc5ccccc5)n4)cc3)cc2Br)cc1. The van der Waals surface area contributed by atoms with E-state index in [-0.39, 0.29) is 5.91 Å². The van der Waals surface area contributed by atoms with Crippen molar-refractivity contribution >= 4 is 50.2 Å². The Hall–Kier alpha value is -4.27. The first-order chi connectivity index (χ1) is 19.0. The van der Waals surface area contributed by atoms with E-state index in [0.29, 0.717) is 12.2 Å². The van der Waals surface area contributed by atoms with Gasteiger partial charge in [-0.25, -0.2) is 10.4 Å². The molecule has 1 amide bonds. The molecule has 1 heterocycles. The van der Waals surface area contributed by atoms with E-state index in [2.05, 4.69) is 67.9 Å². The summed E-state index contributed by atoms with van der Waals surface area (Å²) in [6, 6.07) is 31.1. The topological polar surface area (TPSA) is 75.6 Å². The Morgan fingerprint density at radius 2 is 1.77 bits per heavy atom. The Balaban J connectivity index is 1.14. The summed E-state index contributed by atoms with van der Waals surface area (Å²) in [6.45, 7) is 2.54. The molecule has 0 saturated carbocycles. The van der Waals surface area contributed by atoms with Crippen LogP contribution < -0.4 is 15.5 Å². The summed E-state index contributed by atoms with van der Waals surface area (Å²) in [5, 5.41) is 10.2. The highest BCUT2D eigenvalue weighted by Gasteiger charge is 2.08. The van der Waals surface area contributed by atoms with Crippen LogP contribution in [0, 0.1) is 6.92 Å². The van der Waals surface area contributed by atoms with E-state index in [4.69, 9.17) is 4.74 Å². The first kappa shape index (κ1) is 26.3. The summed E-state index contributed by atoms with van der Waals surface area (Å²) >= 11 is 5.08. The van der Waals surface area contributed by atoms with Crippen LogP contribution in [0.5, 0.6) is 5.75 Å². The molecule has 6 nitrogen and oxygen atoms in total. The highest BCUT2D eigenvalue weighted by molar-refractivity contribution is 9.10. The number of hydrazone groups is 1. The van der Waals surface area contributed by atoms with Gasteiger partial charge in [-0.3, -0.25) is 4.79 Å². The van der Waals surface area contributed by atoms with Crippen molar-refractivity contribution in [2.45, 2.75) is 13.5 Å². The predicted octanol–water partition coefficient (Wildman–Crippen LogP) is 7.97.